The molecule has 0 bridgehead atoms. The molecule has 0 aliphatic carbocycles. The van der Waals surface area contributed by atoms with Gasteiger partial charge in [-0.3, -0.25) is 9.69 Å². The molecule has 0 radical (unpaired) electrons. The molecule has 1 aromatic rings. The molecule has 0 unspecified atom stereocenters. The van der Waals surface area contributed by atoms with Gasteiger partial charge in [0.05, 0.1) is 13.0 Å². The van der Waals surface area contributed by atoms with Gasteiger partial charge >= 0.3 is 12.1 Å². The molecule has 17 heavy (non-hydrogen) atoms. The third-order valence-corrected chi connectivity index (χ3v) is 2.58. The van der Waals surface area contributed by atoms with Crippen molar-refractivity contribution < 1.29 is 19.4 Å². The third-order valence-electron chi connectivity index (χ3n) is 2.58. The standard InChI is InChI=1S/C12H13NO4/c14-11(15)8-9-2-4-10(5-3-9)13-6-1-7-17-12(13)16/h2-5H,1,6-8H2,(H,14,15). The van der Waals surface area contributed by atoms with Crippen LogP contribution in [0.5, 0.6) is 0 Å². The van der Waals surface area contributed by atoms with Crippen LogP contribution < -0.4 is 4.90 Å². The summed E-state index contributed by atoms with van der Waals surface area (Å²) in [5, 5.41) is 8.64. The van der Waals surface area contributed by atoms with Gasteiger partial charge in [-0.15, -0.1) is 0 Å². The molecule has 1 heterocycles. The van der Waals surface area contributed by atoms with Crippen LogP contribution in [0.15, 0.2) is 24.3 Å². The number of hydrogen-bond donors (Lipinski definition) is 1. The molecule has 5 heteroatoms. The van der Waals surface area contributed by atoms with Gasteiger partial charge in [-0.25, -0.2) is 4.79 Å². The van der Waals surface area contributed by atoms with Crippen molar-refractivity contribution in [3.05, 3.63) is 29.8 Å². The van der Waals surface area contributed by atoms with Crippen molar-refractivity contribution in [1.82, 2.24) is 0 Å². The fraction of sp³-hybridized carbons (Fsp3) is 0.333. The van der Waals surface area contributed by atoms with E-state index < -0.39 is 5.97 Å². The summed E-state index contributed by atoms with van der Waals surface area (Å²) in [6.45, 7) is 1.10. The monoisotopic (exact) mass is 235 g/mol. The van der Waals surface area contributed by atoms with Crippen LogP contribution in [-0.2, 0) is 16.0 Å². The van der Waals surface area contributed by atoms with E-state index in [2.05, 4.69) is 0 Å². The molecular weight excluding hydrogens is 222 g/mol. The minimum atomic E-state index is -0.866. The maximum absolute atomic E-state index is 11.5. The lowest BCUT2D eigenvalue weighted by molar-refractivity contribution is -0.136. The Morgan fingerprint density at radius 3 is 2.65 bits per heavy atom. The van der Waals surface area contributed by atoms with E-state index in [0.29, 0.717) is 18.7 Å². The van der Waals surface area contributed by atoms with Gasteiger partial charge in [0.15, 0.2) is 0 Å². The molecule has 1 aliphatic rings. The maximum Gasteiger partial charge on any atom is 0.414 e. The second-order valence-corrected chi connectivity index (χ2v) is 3.86. The van der Waals surface area contributed by atoms with E-state index in [0.717, 1.165) is 12.1 Å². The van der Waals surface area contributed by atoms with Crippen molar-refractivity contribution in [3.8, 4) is 0 Å². The SMILES string of the molecule is O=C(O)Cc1ccc(N2CCCOC2=O)cc1. The van der Waals surface area contributed by atoms with Crippen molar-refractivity contribution in [2.45, 2.75) is 12.8 Å². The number of rotatable bonds is 3. The number of anilines is 1. The predicted octanol–water partition coefficient (Wildman–Crippen LogP) is 1.66. The Morgan fingerprint density at radius 2 is 2.06 bits per heavy atom. The molecule has 2 rings (SSSR count). The molecule has 0 aromatic heterocycles. The summed E-state index contributed by atoms with van der Waals surface area (Å²) < 4.78 is 4.93. The first-order chi connectivity index (χ1) is 8.16. The molecule has 1 aromatic carbocycles. The molecule has 1 saturated heterocycles. The number of benzene rings is 1. The highest BCUT2D eigenvalue weighted by molar-refractivity contribution is 5.88. The topological polar surface area (TPSA) is 66.8 Å². The zero-order valence-corrected chi connectivity index (χ0v) is 9.26. The lowest BCUT2D eigenvalue weighted by atomic mass is 10.1. The van der Waals surface area contributed by atoms with Crippen LogP contribution in [0.4, 0.5) is 10.5 Å². The average molecular weight is 235 g/mol. The molecule has 1 aliphatic heterocycles. The lowest BCUT2D eigenvalue weighted by Crippen LogP contribution is -2.37. The van der Waals surface area contributed by atoms with Gasteiger partial charge in [0.1, 0.15) is 0 Å². The second kappa shape index (κ2) is 4.86. The zero-order valence-electron chi connectivity index (χ0n) is 9.26. The summed E-state index contributed by atoms with van der Waals surface area (Å²) in [5.74, 6) is -0.866. The number of carboxylic acids is 1. The highest BCUT2D eigenvalue weighted by Gasteiger charge is 2.20. The molecule has 0 atom stereocenters. The van der Waals surface area contributed by atoms with Gasteiger partial charge in [0.2, 0.25) is 0 Å². The number of amides is 1. The largest absolute Gasteiger partial charge is 0.481 e. The Bertz CT molecular complexity index is 427. The normalized spacial score (nSPS) is 15.5. The van der Waals surface area contributed by atoms with Gasteiger partial charge in [0.25, 0.3) is 0 Å². The summed E-state index contributed by atoms with van der Waals surface area (Å²) in [5.41, 5.74) is 1.45. The molecule has 1 N–H and O–H groups in total. The number of carboxylic acid groups (broad SMARTS) is 1. The van der Waals surface area contributed by atoms with Crippen LogP contribution in [-0.4, -0.2) is 30.3 Å². The first-order valence-corrected chi connectivity index (χ1v) is 5.42. The third kappa shape index (κ3) is 2.75. The highest BCUT2D eigenvalue weighted by Crippen LogP contribution is 2.19. The molecular formula is C12H13NO4. The number of carbonyl (C=O) groups is 2. The molecule has 90 valence electrons. The van der Waals surface area contributed by atoms with Crippen LogP contribution in [0.1, 0.15) is 12.0 Å². The number of aliphatic carboxylic acids is 1. The van der Waals surface area contributed by atoms with E-state index in [1.165, 1.54) is 0 Å². The number of cyclic esters (lactones) is 1. The van der Waals surface area contributed by atoms with Crippen molar-refractivity contribution in [2.75, 3.05) is 18.1 Å². The maximum atomic E-state index is 11.5. The molecule has 5 nitrogen and oxygen atoms in total. The van der Waals surface area contributed by atoms with E-state index in [1.807, 2.05) is 0 Å². The molecule has 1 fully saturated rings. The van der Waals surface area contributed by atoms with Crippen LogP contribution >= 0.6 is 0 Å². The first kappa shape index (κ1) is 11.4. The van der Waals surface area contributed by atoms with Crippen molar-refractivity contribution in [2.24, 2.45) is 0 Å². The summed E-state index contributed by atoms with van der Waals surface area (Å²) >= 11 is 0. The average Bonchev–Trinajstić information content (AvgIpc) is 2.30. The summed E-state index contributed by atoms with van der Waals surface area (Å²) in [6.07, 6.45) is 0.454. The van der Waals surface area contributed by atoms with Gasteiger partial charge in [-0.2, -0.15) is 0 Å². The highest BCUT2D eigenvalue weighted by atomic mass is 16.6. The van der Waals surface area contributed by atoms with E-state index in [1.54, 1.807) is 29.2 Å². The Labute approximate surface area is 98.6 Å². The quantitative estimate of drug-likeness (QED) is 0.865. The number of carbonyl (C=O) groups excluding carboxylic acids is 1. The van der Waals surface area contributed by atoms with E-state index in [4.69, 9.17) is 9.84 Å². The van der Waals surface area contributed by atoms with Crippen molar-refractivity contribution >= 4 is 17.7 Å². The Morgan fingerprint density at radius 1 is 1.35 bits per heavy atom. The Kier molecular flexibility index (Phi) is 3.27. The molecule has 0 saturated carbocycles. The van der Waals surface area contributed by atoms with Crippen molar-refractivity contribution in [1.29, 1.82) is 0 Å². The fourth-order valence-electron chi connectivity index (χ4n) is 1.75. The van der Waals surface area contributed by atoms with Crippen LogP contribution in [0.3, 0.4) is 0 Å². The summed E-state index contributed by atoms with van der Waals surface area (Å²) in [7, 11) is 0. The number of ether oxygens (including phenoxy) is 1. The van der Waals surface area contributed by atoms with Crippen LogP contribution in [0, 0.1) is 0 Å². The first-order valence-electron chi connectivity index (χ1n) is 5.42. The Hall–Kier alpha value is -2.04. The van der Waals surface area contributed by atoms with Crippen LogP contribution in [0.25, 0.3) is 0 Å². The number of hydrogen-bond acceptors (Lipinski definition) is 3. The van der Waals surface area contributed by atoms with E-state index in [-0.39, 0.29) is 12.5 Å². The van der Waals surface area contributed by atoms with Gasteiger partial charge in [-0.1, -0.05) is 12.1 Å². The minimum Gasteiger partial charge on any atom is -0.481 e. The zero-order chi connectivity index (χ0) is 12.3. The van der Waals surface area contributed by atoms with Gasteiger partial charge in [0, 0.05) is 12.2 Å². The van der Waals surface area contributed by atoms with Crippen molar-refractivity contribution in [3.63, 3.8) is 0 Å². The van der Waals surface area contributed by atoms with Crippen LogP contribution in [0.2, 0.25) is 0 Å². The van der Waals surface area contributed by atoms with Gasteiger partial charge < -0.3 is 9.84 Å². The smallest absolute Gasteiger partial charge is 0.414 e. The van der Waals surface area contributed by atoms with E-state index in [9.17, 15) is 9.59 Å². The number of nitrogens with zero attached hydrogens (tertiary/aromatic N) is 1. The summed E-state index contributed by atoms with van der Waals surface area (Å²) in [4.78, 5) is 23.5. The Balaban J connectivity index is 2.11. The fourth-order valence-corrected chi connectivity index (χ4v) is 1.75. The molecule has 1 amide bonds. The lowest BCUT2D eigenvalue weighted by Gasteiger charge is -2.26. The molecule has 0 spiro atoms. The predicted molar refractivity (Wildman–Crippen MR) is 61.1 cm³/mol. The van der Waals surface area contributed by atoms with Gasteiger partial charge in [-0.05, 0) is 24.1 Å². The van der Waals surface area contributed by atoms with E-state index >= 15 is 0 Å². The summed E-state index contributed by atoms with van der Waals surface area (Å²) in [6, 6.07) is 6.91. The second-order valence-electron chi connectivity index (χ2n) is 3.86. The minimum absolute atomic E-state index is 0.00920.